The maximum atomic E-state index is 11.7. The Morgan fingerprint density at radius 1 is 0.933 bits per heavy atom. The minimum absolute atomic E-state index is 0.274. The molecule has 4 nitrogen and oxygen atoms in total. The molecule has 0 aliphatic rings. The monoisotopic (exact) mass is 197 g/mol. The summed E-state index contributed by atoms with van der Waals surface area (Å²) < 4.78 is 0. The van der Waals surface area contributed by atoms with Gasteiger partial charge in [0.2, 0.25) is 0 Å². The fourth-order valence-electron chi connectivity index (χ4n) is 1.57. The van der Waals surface area contributed by atoms with Crippen molar-refractivity contribution in [2.45, 2.75) is 0 Å². The Kier molecular flexibility index (Phi) is 1.56. The van der Waals surface area contributed by atoms with Crippen LogP contribution < -0.4 is 5.56 Å². The van der Waals surface area contributed by atoms with Crippen LogP contribution in [0.1, 0.15) is 0 Å². The van der Waals surface area contributed by atoms with Gasteiger partial charge in [-0.15, -0.1) is 0 Å². The van der Waals surface area contributed by atoms with Crippen molar-refractivity contribution in [3.05, 3.63) is 46.9 Å². The summed E-state index contributed by atoms with van der Waals surface area (Å²) in [6, 6.07) is 9.10. The summed E-state index contributed by atoms with van der Waals surface area (Å²) in [6.45, 7) is 0. The summed E-state index contributed by atoms with van der Waals surface area (Å²) in [5, 5.41) is 0. The van der Waals surface area contributed by atoms with Crippen molar-refractivity contribution in [2.24, 2.45) is 0 Å². The first-order valence-electron chi connectivity index (χ1n) is 4.59. The fraction of sp³-hybridized carbons (Fsp3) is 0. The first kappa shape index (κ1) is 8.11. The molecule has 15 heavy (non-hydrogen) atoms. The number of aromatic amines is 1. The molecule has 2 heterocycles. The zero-order valence-electron chi connectivity index (χ0n) is 7.77. The van der Waals surface area contributed by atoms with Gasteiger partial charge in [0.1, 0.15) is 5.52 Å². The minimum Gasteiger partial charge on any atom is -0.355 e. The molecule has 0 spiro atoms. The van der Waals surface area contributed by atoms with Crippen LogP contribution in [0, 0.1) is 0 Å². The van der Waals surface area contributed by atoms with Gasteiger partial charge in [-0.1, -0.05) is 12.1 Å². The molecule has 4 heteroatoms. The molecule has 0 unspecified atom stereocenters. The van der Waals surface area contributed by atoms with Crippen molar-refractivity contribution >= 4 is 22.1 Å². The van der Waals surface area contributed by atoms with Gasteiger partial charge in [0, 0.05) is 6.20 Å². The molecule has 2 aromatic heterocycles. The molecule has 0 amide bonds. The molecule has 0 saturated carbocycles. The van der Waals surface area contributed by atoms with Crippen molar-refractivity contribution in [1.82, 2.24) is 15.0 Å². The molecule has 0 bridgehead atoms. The van der Waals surface area contributed by atoms with Crippen LogP contribution >= 0.6 is 0 Å². The number of para-hydroxylation sites is 2. The van der Waals surface area contributed by atoms with Crippen molar-refractivity contribution < 1.29 is 0 Å². The quantitative estimate of drug-likeness (QED) is 0.593. The number of hydrogen-bond donors (Lipinski definition) is 1. The van der Waals surface area contributed by atoms with E-state index in [0.29, 0.717) is 16.6 Å². The van der Waals surface area contributed by atoms with Gasteiger partial charge < -0.3 is 4.98 Å². The summed E-state index contributed by atoms with van der Waals surface area (Å²) in [6.07, 6.45) is 1.69. The van der Waals surface area contributed by atoms with E-state index in [1.54, 1.807) is 18.3 Å². The second kappa shape index (κ2) is 2.88. The van der Waals surface area contributed by atoms with E-state index in [-0.39, 0.29) is 5.56 Å². The van der Waals surface area contributed by atoms with Gasteiger partial charge in [0.15, 0.2) is 0 Å². The Labute approximate surface area is 84.6 Å². The summed E-state index contributed by atoms with van der Waals surface area (Å²) in [4.78, 5) is 22.9. The number of H-pyrrole nitrogens is 1. The number of nitrogens with one attached hydrogen (secondary N) is 1. The van der Waals surface area contributed by atoms with E-state index in [0.717, 1.165) is 5.52 Å². The highest BCUT2D eigenvalue weighted by atomic mass is 16.1. The Morgan fingerprint density at radius 2 is 1.67 bits per heavy atom. The highest BCUT2D eigenvalue weighted by Gasteiger charge is 2.01. The van der Waals surface area contributed by atoms with Crippen LogP contribution in [0.15, 0.2) is 41.3 Å². The first-order chi connectivity index (χ1) is 7.34. The topological polar surface area (TPSA) is 58.6 Å². The van der Waals surface area contributed by atoms with Crippen LogP contribution in [0.5, 0.6) is 0 Å². The van der Waals surface area contributed by atoms with Crippen LogP contribution in [0.4, 0.5) is 0 Å². The molecule has 1 N–H and O–H groups in total. The zero-order chi connectivity index (χ0) is 10.3. The van der Waals surface area contributed by atoms with E-state index < -0.39 is 0 Å². The predicted octanol–water partition coefficient (Wildman–Crippen LogP) is 1.47. The lowest BCUT2D eigenvalue weighted by Crippen LogP contribution is -2.01. The summed E-state index contributed by atoms with van der Waals surface area (Å²) >= 11 is 0. The average molecular weight is 197 g/mol. The summed E-state index contributed by atoms with van der Waals surface area (Å²) in [5.41, 5.74) is 2.17. The largest absolute Gasteiger partial charge is 0.355 e. The van der Waals surface area contributed by atoms with Gasteiger partial charge in [-0.3, -0.25) is 4.79 Å². The van der Waals surface area contributed by atoms with Crippen LogP contribution in [0.3, 0.4) is 0 Å². The smallest absolute Gasteiger partial charge is 0.296 e. The van der Waals surface area contributed by atoms with Gasteiger partial charge in [0.05, 0.1) is 16.6 Å². The molecule has 1 aromatic carbocycles. The van der Waals surface area contributed by atoms with Gasteiger partial charge >= 0.3 is 0 Å². The minimum atomic E-state index is -0.274. The van der Waals surface area contributed by atoms with Crippen molar-refractivity contribution in [3.63, 3.8) is 0 Å². The third-order valence-electron chi connectivity index (χ3n) is 2.28. The van der Waals surface area contributed by atoms with Crippen LogP contribution in [0.25, 0.3) is 22.1 Å². The van der Waals surface area contributed by atoms with Gasteiger partial charge in [-0.25, -0.2) is 9.97 Å². The molecule has 3 rings (SSSR count). The number of rotatable bonds is 0. The van der Waals surface area contributed by atoms with E-state index in [9.17, 15) is 4.79 Å². The molecule has 0 saturated heterocycles. The third kappa shape index (κ3) is 1.19. The second-order valence-corrected chi connectivity index (χ2v) is 3.26. The molecular weight excluding hydrogens is 190 g/mol. The standard InChI is InChI=1S/C11H7N3O/c15-11-10-9(5-6-12-10)13-7-3-1-2-4-8(7)14-11/h1-6,12H. The molecular formula is C11H7N3O. The van der Waals surface area contributed by atoms with Gasteiger partial charge in [-0.2, -0.15) is 0 Å². The van der Waals surface area contributed by atoms with E-state index in [2.05, 4.69) is 15.0 Å². The molecule has 0 fully saturated rings. The van der Waals surface area contributed by atoms with E-state index >= 15 is 0 Å². The van der Waals surface area contributed by atoms with Crippen LogP contribution in [-0.2, 0) is 0 Å². The predicted molar refractivity (Wildman–Crippen MR) is 57.7 cm³/mol. The maximum absolute atomic E-state index is 11.7. The highest BCUT2D eigenvalue weighted by Crippen LogP contribution is 2.09. The van der Waals surface area contributed by atoms with Crippen molar-refractivity contribution in [1.29, 1.82) is 0 Å². The third-order valence-corrected chi connectivity index (χ3v) is 2.28. The highest BCUT2D eigenvalue weighted by molar-refractivity contribution is 5.81. The lowest BCUT2D eigenvalue weighted by atomic mass is 10.3. The SMILES string of the molecule is O=c1nc2ccccc2nc2cc[nH]c12. The van der Waals surface area contributed by atoms with Crippen molar-refractivity contribution in [3.8, 4) is 0 Å². The lowest BCUT2D eigenvalue weighted by molar-refractivity contribution is 1.32. The Hall–Kier alpha value is -2.23. The number of hydrogen-bond acceptors (Lipinski definition) is 3. The molecule has 0 aliphatic carbocycles. The molecule has 3 aromatic rings. The van der Waals surface area contributed by atoms with Crippen LogP contribution in [-0.4, -0.2) is 15.0 Å². The molecule has 72 valence electrons. The Morgan fingerprint density at radius 3 is 2.47 bits per heavy atom. The second-order valence-electron chi connectivity index (χ2n) is 3.26. The number of nitrogens with zero attached hydrogens (tertiary/aromatic N) is 2. The molecule has 0 aliphatic heterocycles. The zero-order valence-corrected chi connectivity index (χ0v) is 7.77. The average Bonchev–Trinajstić information content (AvgIpc) is 2.64. The number of benzene rings is 1. The number of aromatic nitrogens is 3. The van der Waals surface area contributed by atoms with Gasteiger partial charge in [0.25, 0.3) is 5.56 Å². The summed E-state index contributed by atoms with van der Waals surface area (Å²) in [7, 11) is 0. The molecule has 0 radical (unpaired) electrons. The van der Waals surface area contributed by atoms with E-state index in [1.807, 2.05) is 18.2 Å². The Balaban J connectivity index is 2.67. The fourth-order valence-corrected chi connectivity index (χ4v) is 1.57. The maximum Gasteiger partial charge on any atom is 0.296 e. The van der Waals surface area contributed by atoms with Gasteiger partial charge in [-0.05, 0) is 18.2 Å². The lowest BCUT2D eigenvalue weighted by Gasteiger charge is -1.86. The Bertz CT molecular complexity index is 703. The summed E-state index contributed by atoms with van der Waals surface area (Å²) in [5.74, 6) is 0. The van der Waals surface area contributed by atoms with Crippen LogP contribution in [0.2, 0.25) is 0 Å². The first-order valence-corrected chi connectivity index (χ1v) is 4.59. The van der Waals surface area contributed by atoms with E-state index in [4.69, 9.17) is 0 Å². The molecule has 0 atom stereocenters. The normalized spacial score (nSPS) is 10.9. The van der Waals surface area contributed by atoms with E-state index in [1.165, 1.54) is 0 Å². The number of fused-ring (bicyclic) bond motifs is 2. The van der Waals surface area contributed by atoms with Crippen molar-refractivity contribution in [2.75, 3.05) is 0 Å².